The highest BCUT2D eigenvalue weighted by molar-refractivity contribution is 6.30. The minimum atomic E-state index is -1.12. The van der Waals surface area contributed by atoms with Gasteiger partial charge in [0.15, 0.2) is 11.4 Å². The van der Waals surface area contributed by atoms with Gasteiger partial charge in [-0.05, 0) is 113 Å². The van der Waals surface area contributed by atoms with Gasteiger partial charge in [0.05, 0.1) is 32.5 Å². The van der Waals surface area contributed by atoms with Crippen LogP contribution in [0.1, 0.15) is 69.8 Å². The van der Waals surface area contributed by atoms with Gasteiger partial charge in [-0.1, -0.05) is 24.9 Å². The Bertz CT molecular complexity index is 1320. The second-order valence-electron chi connectivity index (χ2n) is 11.8. The molecule has 47 heavy (non-hydrogen) atoms. The fourth-order valence-electron chi connectivity index (χ4n) is 4.40. The second kappa shape index (κ2) is 20.8. The minimum Gasteiger partial charge on any atom is -0.494 e. The highest BCUT2D eigenvalue weighted by Gasteiger charge is 2.32. The molecular formula is C37H49Cl2NO7. The Morgan fingerprint density at radius 3 is 1.81 bits per heavy atom. The first-order valence-electron chi connectivity index (χ1n) is 16.0. The van der Waals surface area contributed by atoms with Gasteiger partial charge in [0.1, 0.15) is 17.2 Å². The summed E-state index contributed by atoms with van der Waals surface area (Å²) in [6.07, 6.45) is 3.09. The van der Waals surface area contributed by atoms with E-state index in [0.717, 1.165) is 76.8 Å². The number of rotatable bonds is 15. The Kier molecular flexibility index (Phi) is 17.7. The van der Waals surface area contributed by atoms with E-state index in [1.807, 2.05) is 24.3 Å². The molecule has 8 nitrogen and oxygen atoms in total. The summed E-state index contributed by atoms with van der Waals surface area (Å²) in [5, 5.41) is 0.579. The highest BCUT2D eigenvalue weighted by Crippen LogP contribution is 2.22. The van der Waals surface area contributed by atoms with Gasteiger partial charge in [-0.25, -0.2) is 4.79 Å². The van der Waals surface area contributed by atoms with Gasteiger partial charge >= 0.3 is 5.97 Å². The Balaban J connectivity index is 0.000000324. The maximum Gasteiger partial charge on any atom is 0.350 e. The molecule has 0 aromatic heterocycles. The van der Waals surface area contributed by atoms with Crippen molar-refractivity contribution >= 4 is 35.8 Å². The summed E-state index contributed by atoms with van der Waals surface area (Å²) in [7, 11) is 0. The average Bonchev–Trinajstić information content (AvgIpc) is 3.05. The van der Waals surface area contributed by atoms with Crippen LogP contribution in [0, 0.1) is 0 Å². The van der Waals surface area contributed by atoms with Crippen molar-refractivity contribution in [1.29, 1.82) is 0 Å². The molecule has 0 N–H and O–H groups in total. The smallest absolute Gasteiger partial charge is 0.350 e. The molecule has 1 aliphatic rings. The maximum absolute atomic E-state index is 12.4. The molecule has 0 unspecified atom stereocenters. The van der Waals surface area contributed by atoms with Gasteiger partial charge in [0.25, 0.3) is 0 Å². The number of benzene rings is 3. The number of halogens is 2. The summed E-state index contributed by atoms with van der Waals surface area (Å²) in [6.45, 7) is 15.5. The fourth-order valence-corrected chi connectivity index (χ4v) is 4.53. The van der Waals surface area contributed by atoms with Crippen LogP contribution >= 0.6 is 24.0 Å². The Hall–Kier alpha value is -3.30. The Morgan fingerprint density at radius 1 is 0.809 bits per heavy atom. The summed E-state index contributed by atoms with van der Waals surface area (Å²) in [5.41, 5.74) is -0.0393. The zero-order valence-corrected chi connectivity index (χ0v) is 29.7. The number of carbonyl (C=O) groups is 2. The first kappa shape index (κ1) is 39.9. The highest BCUT2D eigenvalue weighted by atomic mass is 35.5. The van der Waals surface area contributed by atoms with Crippen molar-refractivity contribution in [1.82, 2.24) is 4.90 Å². The summed E-state index contributed by atoms with van der Waals surface area (Å²) >= 11 is 5.84. The van der Waals surface area contributed by atoms with Crippen LogP contribution in [0.4, 0.5) is 0 Å². The van der Waals surface area contributed by atoms with E-state index in [1.54, 1.807) is 76.2 Å². The fraction of sp³-hybridized carbons (Fsp3) is 0.459. The largest absolute Gasteiger partial charge is 0.494 e. The normalized spacial score (nSPS) is 13.1. The van der Waals surface area contributed by atoms with E-state index in [9.17, 15) is 9.59 Å². The van der Waals surface area contributed by atoms with Crippen LogP contribution < -0.4 is 14.2 Å². The molecule has 0 radical (unpaired) electrons. The number of ether oxygens (including phenoxy) is 5. The molecule has 0 aliphatic carbocycles. The molecule has 10 heteroatoms. The van der Waals surface area contributed by atoms with Crippen LogP contribution in [0.15, 0.2) is 72.8 Å². The van der Waals surface area contributed by atoms with Crippen LogP contribution in [0.3, 0.4) is 0 Å². The van der Waals surface area contributed by atoms with E-state index in [-0.39, 0.29) is 24.3 Å². The monoisotopic (exact) mass is 689 g/mol. The average molecular weight is 691 g/mol. The van der Waals surface area contributed by atoms with Crippen molar-refractivity contribution in [3.63, 3.8) is 0 Å². The minimum absolute atomic E-state index is 0. The molecule has 4 rings (SSSR count). The number of esters is 1. The van der Waals surface area contributed by atoms with Crippen molar-refractivity contribution in [2.24, 2.45) is 0 Å². The molecule has 0 spiro atoms. The van der Waals surface area contributed by atoms with Crippen LogP contribution in [-0.2, 0) is 14.3 Å². The number of hydrogen-bond acceptors (Lipinski definition) is 8. The van der Waals surface area contributed by atoms with E-state index in [1.165, 1.54) is 0 Å². The van der Waals surface area contributed by atoms with Gasteiger partial charge < -0.3 is 23.7 Å². The van der Waals surface area contributed by atoms with Crippen molar-refractivity contribution in [2.75, 3.05) is 46.1 Å². The van der Waals surface area contributed by atoms with Crippen molar-refractivity contribution < 1.29 is 33.3 Å². The van der Waals surface area contributed by atoms with Gasteiger partial charge in [-0.3, -0.25) is 9.69 Å². The van der Waals surface area contributed by atoms with Gasteiger partial charge in [0.2, 0.25) is 0 Å². The van der Waals surface area contributed by atoms with Crippen molar-refractivity contribution in [3.05, 3.63) is 88.9 Å². The van der Waals surface area contributed by atoms with Crippen LogP contribution in [0.2, 0.25) is 5.02 Å². The number of unbranched alkanes of at least 4 members (excludes halogenated alkanes) is 1. The first-order chi connectivity index (χ1) is 22.1. The molecule has 0 bridgehead atoms. The first-order valence-corrected chi connectivity index (χ1v) is 16.4. The number of hydrogen-bond donors (Lipinski definition) is 0. The van der Waals surface area contributed by atoms with E-state index < -0.39 is 11.6 Å². The Morgan fingerprint density at radius 2 is 1.30 bits per heavy atom. The third kappa shape index (κ3) is 14.6. The number of morpholine rings is 1. The predicted molar refractivity (Wildman–Crippen MR) is 189 cm³/mol. The zero-order chi connectivity index (χ0) is 33.4. The lowest BCUT2D eigenvalue weighted by molar-refractivity contribution is -0.163. The van der Waals surface area contributed by atoms with E-state index >= 15 is 0 Å². The third-order valence-corrected chi connectivity index (χ3v) is 7.26. The molecule has 1 fully saturated rings. The lowest BCUT2D eigenvalue weighted by Gasteiger charge is -2.26. The molecule has 1 saturated heterocycles. The number of ketones is 1. The SMILES string of the molecule is CC(C)OC(=O)C(C)(C)Oc1ccc(C(=O)c2ccc(Cl)cc2)cc1.CCCCOc1ccc(OCCCN2CCOCC2)cc1.Cl. The van der Waals surface area contributed by atoms with Crippen LogP contribution in [0.25, 0.3) is 0 Å². The molecule has 0 amide bonds. The van der Waals surface area contributed by atoms with E-state index in [4.69, 9.17) is 35.3 Å². The van der Waals surface area contributed by atoms with E-state index in [2.05, 4.69) is 11.8 Å². The van der Waals surface area contributed by atoms with Crippen molar-refractivity contribution in [3.8, 4) is 17.2 Å². The molecule has 1 heterocycles. The molecule has 3 aromatic rings. The molecule has 0 atom stereocenters. The molecular weight excluding hydrogens is 641 g/mol. The van der Waals surface area contributed by atoms with Crippen LogP contribution in [0.5, 0.6) is 17.2 Å². The summed E-state index contributed by atoms with van der Waals surface area (Å²) in [5.74, 6) is 1.77. The summed E-state index contributed by atoms with van der Waals surface area (Å²) in [6, 6.07) is 21.3. The topological polar surface area (TPSA) is 83.5 Å². The lowest BCUT2D eigenvalue weighted by atomic mass is 10.0. The van der Waals surface area contributed by atoms with Gasteiger partial charge in [-0.2, -0.15) is 0 Å². The Labute approximate surface area is 291 Å². The summed E-state index contributed by atoms with van der Waals surface area (Å²) < 4.78 is 27.6. The lowest BCUT2D eigenvalue weighted by Crippen LogP contribution is -2.40. The van der Waals surface area contributed by atoms with Gasteiger partial charge in [0, 0.05) is 35.8 Å². The predicted octanol–water partition coefficient (Wildman–Crippen LogP) is 8.07. The number of carbonyl (C=O) groups excluding carboxylic acids is 2. The standard InChI is InChI=1S/C20H21ClO4.C17H27NO3.ClH/c1-13(2)24-19(23)20(3,4)25-17-11-7-15(8-12-17)18(22)14-5-9-16(21)10-6-14;1-2-3-12-20-16-5-7-17(8-6-16)21-13-4-9-18-10-14-19-15-11-18;/h5-13H,1-4H3;5-8H,2-4,9-15H2,1H3;1H. The molecule has 0 saturated carbocycles. The second-order valence-corrected chi connectivity index (χ2v) is 12.2. The maximum atomic E-state index is 12.4. The molecule has 258 valence electrons. The molecule has 1 aliphatic heterocycles. The summed E-state index contributed by atoms with van der Waals surface area (Å²) in [4.78, 5) is 26.9. The van der Waals surface area contributed by atoms with Gasteiger partial charge in [-0.15, -0.1) is 12.4 Å². The third-order valence-electron chi connectivity index (χ3n) is 7.01. The zero-order valence-electron chi connectivity index (χ0n) is 28.2. The molecule has 3 aromatic carbocycles. The van der Waals surface area contributed by atoms with E-state index in [0.29, 0.717) is 21.9 Å². The van der Waals surface area contributed by atoms with Crippen molar-refractivity contribution in [2.45, 2.75) is 65.6 Å². The van der Waals surface area contributed by atoms with Crippen LogP contribution in [-0.4, -0.2) is 74.4 Å². The quantitative estimate of drug-likeness (QED) is 0.0900. The number of nitrogens with zero attached hydrogens (tertiary/aromatic N) is 1.